The zero-order valence-electron chi connectivity index (χ0n) is 13.1. The molecule has 0 spiro atoms. The first-order valence-corrected chi connectivity index (χ1v) is 7.13. The molecule has 6 nitrogen and oxygen atoms in total. The van der Waals surface area contributed by atoms with Gasteiger partial charge in [0.25, 0.3) is 5.91 Å². The molecule has 120 valence electrons. The highest BCUT2D eigenvalue weighted by Gasteiger charge is 2.08. The van der Waals surface area contributed by atoms with Crippen molar-refractivity contribution in [2.45, 2.75) is 0 Å². The number of amides is 2. The quantitative estimate of drug-likeness (QED) is 0.763. The molecule has 0 radical (unpaired) electrons. The molecule has 0 heterocycles. The van der Waals surface area contributed by atoms with Gasteiger partial charge in [0, 0.05) is 18.3 Å². The molecule has 0 atom stereocenters. The van der Waals surface area contributed by atoms with E-state index in [0.717, 1.165) is 0 Å². The number of para-hydroxylation sites is 2. The van der Waals surface area contributed by atoms with Crippen molar-refractivity contribution >= 4 is 23.2 Å². The molecule has 0 saturated carbocycles. The van der Waals surface area contributed by atoms with Crippen molar-refractivity contribution in [1.82, 2.24) is 5.32 Å². The molecule has 23 heavy (non-hydrogen) atoms. The summed E-state index contributed by atoms with van der Waals surface area (Å²) in [7, 11) is 3.12. The molecule has 0 fully saturated rings. The van der Waals surface area contributed by atoms with Crippen LogP contribution in [0.1, 0.15) is 10.4 Å². The maximum absolute atomic E-state index is 12.0. The lowest BCUT2D eigenvalue weighted by Crippen LogP contribution is -2.22. The number of carbonyl (C=O) groups is 2. The molecule has 0 aromatic heterocycles. The fourth-order valence-corrected chi connectivity index (χ4v) is 2.04. The molecule has 0 aliphatic rings. The highest BCUT2D eigenvalue weighted by molar-refractivity contribution is 5.96. The van der Waals surface area contributed by atoms with Gasteiger partial charge in [-0.3, -0.25) is 9.59 Å². The molecule has 2 rings (SSSR count). The summed E-state index contributed by atoms with van der Waals surface area (Å²) in [6.07, 6.45) is 0. The minimum absolute atomic E-state index is 0.0786. The predicted octanol–water partition coefficient (Wildman–Crippen LogP) is 2.11. The monoisotopic (exact) mass is 313 g/mol. The number of rotatable bonds is 6. The molecule has 0 aliphatic heterocycles. The Kier molecular flexibility index (Phi) is 5.57. The van der Waals surface area contributed by atoms with E-state index in [0.29, 0.717) is 22.7 Å². The molecular formula is C17H19N3O3. The zero-order valence-corrected chi connectivity index (χ0v) is 13.1. The minimum Gasteiger partial charge on any atom is -0.495 e. The summed E-state index contributed by atoms with van der Waals surface area (Å²) in [6, 6.07) is 14.1. The first-order chi connectivity index (χ1) is 11.1. The number of ether oxygens (including phenoxy) is 1. The summed E-state index contributed by atoms with van der Waals surface area (Å²) in [6.45, 7) is 0.0786. The van der Waals surface area contributed by atoms with E-state index in [1.165, 1.54) is 0 Å². The smallest absolute Gasteiger partial charge is 0.251 e. The van der Waals surface area contributed by atoms with Gasteiger partial charge in [-0.2, -0.15) is 0 Å². The summed E-state index contributed by atoms with van der Waals surface area (Å²) in [5, 5.41) is 8.32. The summed E-state index contributed by atoms with van der Waals surface area (Å²) >= 11 is 0. The number of methoxy groups -OCH3 is 1. The summed E-state index contributed by atoms with van der Waals surface area (Å²) in [5.41, 5.74) is 1.84. The van der Waals surface area contributed by atoms with Gasteiger partial charge in [0.2, 0.25) is 5.91 Å². The number of hydrogen-bond donors (Lipinski definition) is 3. The van der Waals surface area contributed by atoms with E-state index in [-0.39, 0.29) is 18.4 Å². The fourth-order valence-electron chi connectivity index (χ4n) is 2.04. The second-order valence-electron chi connectivity index (χ2n) is 4.76. The number of benzene rings is 2. The first-order valence-electron chi connectivity index (χ1n) is 7.13. The average molecular weight is 313 g/mol. The molecular weight excluding hydrogens is 294 g/mol. The average Bonchev–Trinajstić information content (AvgIpc) is 2.60. The van der Waals surface area contributed by atoms with E-state index in [9.17, 15) is 9.59 Å². The van der Waals surface area contributed by atoms with Crippen molar-refractivity contribution in [3.05, 3.63) is 54.1 Å². The second-order valence-corrected chi connectivity index (χ2v) is 4.76. The molecule has 6 heteroatoms. The van der Waals surface area contributed by atoms with Crippen LogP contribution in [-0.2, 0) is 4.79 Å². The largest absolute Gasteiger partial charge is 0.495 e. The third-order valence-corrected chi connectivity index (χ3v) is 3.19. The summed E-state index contributed by atoms with van der Waals surface area (Å²) < 4.78 is 5.18. The first kappa shape index (κ1) is 16.4. The molecule has 2 amide bonds. The van der Waals surface area contributed by atoms with E-state index < -0.39 is 0 Å². The molecule has 0 saturated heterocycles. The van der Waals surface area contributed by atoms with Gasteiger partial charge >= 0.3 is 0 Å². The number of hydrogen-bond acceptors (Lipinski definition) is 4. The summed E-state index contributed by atoms with van der Waals surface area (Å²) in [4.78, 5) is 23.6. The van der Waals surface area contributed by atoms with Crippen LogP contribution in [0.3, 0.4) is 0 Å². The number of anilines is 2. The van der Waals surface area contributed by atoms with E-state index >= 15 is 0 Å². The lowest BCUT2D eigenvalue weighted by molar-refractivity contribution is -0.114. The van der Waals surface area contributed by atoms with Crippen LogP contribution in [0.4, 0.5) is 11.4 Å². The van der Waals surface area contributed by atoms with Crippen molar-refractivity contribution in [1.29, 1.82) is 0 Å². The maximum Gasteiger partial charge on any atom is 0.251 e. The molecule has 0 bridgehead atoms. The van der Waals surface area contributed by atoms with Crippen LogP contribution >= 0.6 is 0 Å². The topological polar surface area (TPSA) is 79.5 Å². The van der Waals surface area contributed by atoms with E-state index in [4.69, 9.17) is 4.74 Å². The highest BCUT2D eigenvalue weighted by Crippen LogP contribution is 2.22. The van der Waals surface area contributed by atoms with Gasteiger partial charge in [0.1, 0.15) is 5.75 Å². The Morgan fingerprint density at radius 3 is 2.61 bits per heavy atom. The molecule has 3 N–H and O–H groups in total. The molecule has 2 aromatic rings. The van der Waals surface area contributed by atoms with Gasteiger partial charge in [0.15, 0.2) is 0 Å². The van der Waals surface area contributed by atoms with Crippen LogP contribution in [0.15, 0.2) is 48.5 Å². The van der Waals surface area contributed by atoms with Crippen molar-refractivity contribution in [3.8, 4) is 5.75 Å². The Labute approximate surface area is 134 Å². The van der Waals surface area contributed by atoms with Gasteiger partial charge in [-0.25, -0.2) is 0 Å². The minimum atomic E-state index is -0.208. The van der Waals surface area contributed by atoms with Gasteiger partial charge in [-0.1, -0.05) is 18.2 Å². The Morgan fingerprint density at radius 2 is 1.87 bits per heavy atom. The maximum atomic E-state index is 12.0. The van der Waals surface area contributed by atoms with Gasteiger partial charge in [-0.15, -0.1) is 0 Å². The lowest BCUT2D eigenvalue weighted by Gasteiger charge is -2.11. The Bertz CT molecular complexity index is 701. The Balaban J connectivity index is 1.95. The third-order valence-electron chi connectivity index (χ3n) is 3.19. The second kappa shape index (κ2) is 7.84. The van der Waals surface area contributed by atoms with Crippen LogP contribution in [0, 0.1) is 0 Å². The van der Waals surface area contributed by atoms with E-state index in [2.05, 4.69) is 16.0 Å². The fraction of sp³-hybridized carbons (Fsp3) is 0.176. The summed E-state index contributed by atoms with van der Waals surface area (Å²) in [5.74, 6) is 0.217. The van der Waals surface area contributed by atoms with Crippen molar-refractivity contribution in [3.63, 3.8) is 0 Å². The van der Waals surface area contributed by atoms with Crippen LogP contribution in [0.5, 0.6) is 5.75 Å². The number of nitrogens with one attached hydrogen (secondary N) is 3. The molecule has 0 aliphatic carbocycles. The van der Waals surface area contributed by atoms with Crippen molar-refractivity contribution in [2.75, 3.05) is 31.3 Å². The van der Waals surface area contributed by atoms with Crippen LogP contribution in [0.2, 0.25) is 0 Å². The predicted molar refractivity (Wildman–Crippen MR) is 89.9 cm³/mol. The van der Waals surface area contributed by atoms with Crippen molar-refractivity contribution < 1.29 is 14.3 Å². The normalized spacial score (nSPS) is 9.83. The van der Waals surface area contributed by atoms with Crippen molar-refractivity contribution in [2.24, 2.45) is 0 Å². The van der Waals surface area contributed by atoms with Crippen LogP contribution in [-0.4, -0.2) is 32.5 Å². The van der Waals surface area contributed by atoms with Gasteiger partial charge in [-0.05, 0) is 30.3 Å². The zero-order chi connectivity index (χ0) is 16.7. The van der Waals surface area contributed by atoms with Crippen LogP contribution in [0.25, 0.3) is 0 Å². The highest BCUT2D eigenvalue weighted by atomic mass is 16.5. The number of carbonyl (C=O) groups excluding carboxylic acids is 2. The molecule has 2 aromatic carbocycles. The molecule has 0 unspecified atom stereocenters. The Hall–Kier alpha value is -3.02. The van der Waals surface area contributed by atoms with Gasteiger partial charge < -0.3 is 20.7 Å². The van der Waals surface area contributed by atoms with E-state index in [1.807, 2.05) is 12.1 Å². The Morgan fingerprint density at radius 1 is 1.09 bits per heavy atom. The lowest BCUT2D eigenvalue weighted by atomic mass is 10.2. The van der Waals surface area contributed by atoms with E-state index in [1.54, 1.807) is 50.6 Å². The van der Waals surface area contributed by atoms with Crippen LogP contribution < -0.4 is 20.7 Å². The third kappa shape index (κ3) is 4.47. The standard InChI is InChI=1S/C17H19N3O3/c1-18-17(22)12-6-5-7-13(10-12)19-11-16(21)20-14-8-3-4-9-15(14)23-2/h3-10,19H,11H2,1-2H3,(H,18,22)(H,20,21). The SMILES string of the molecule is CNC(=O)c1cccc(NCC(=O)Nc2ccccc2OC)c1. The van der Waals surface area contributed by atoms with Gasteiger partial charge in [0.05, 0.1) is 19.3 Å².